The lowest BCUT2D eigenvalue weighted by molar-refractivity contribution is 0.329. The maximum absolute atomic E-state index is 12.5. The van der Waals surface area contributed by atoms with Crippen LogP contribution in [0.5, 0.6) is 0 Å². The van der Waals surface area contributed by atoms with Crippen LogP contribution in [0, 0.1) is 0 Å². The van der Waals surface area contributed by atoms with E-state index in [1.165, 1.54) is 0 Å². The molecule has 2 aliphatic rings. The summed E-state index contributed by atoms with van der Waals surface area (Å²) < 4.78 is 5.52. The summed E-state index contributed by atoms with van der Waals surface area (Å²) in [5.41, 5.74) is 2.38. The van der Waals surface area contributed by atoms with Crippen molar-refractivity contribution in [2.75, 3.05) is 24.5 Å². The fourth-order valence-electron chi connectivity index (χ4n) is 3.89. The lowest BCUT2D eigenvalue weighted by Crippen LogP contribution is -2.34. The molecule has 0 saturated carbocycles. The molecule has 0 bridgehead atoms. The predicted octanol–water partition coefficient (Wildman–Crippen LogP) is 1.24. The van der Waals surface area contributed by atoms with Gasteiger partial charge in [0.05, 0.1) is 5.56 Å². The van der Waals surface area contributed by atoms with Crippen molar-refractivity contribution >= 4 is 5.95 Å². The predicted molar refractivity (Wildman–Crippen MR) is 102 cm³/mol. The van der Waals surface area contributed by atoms with Gasteiger partial charge in [-0.25, -0.2) is 9.97 Å². The number of rotatable bonds is 3. The number of pyridine rings is 1. The molecule has 3 aromatic rings. The number of fused-ring (bicyclic) bond motifs is 1. The van der Waals surface area contributed by atoms with E-state index >= 15 is 0 Å². The second kappa shape index (κ2) is 7.16. The van der Waals surface area contributed by atoms with Gasteiger partial charge in [0.1, 0.15) is 0 Å². The van der Waals surface area contributed by atoms with Crippen molar-refractivity contribution in [2.45, 2.75) is 31.7 Å². The first kappa shape index (κ1) is 17.1. The Labute approximate surface area is 161 Å². The van der Waals surface area contributed by atoms with E-state index in [2.05, 4.69) is 35.3 Å². The summed E-state index contributed by atoms with van der Waals surface area (Å²) in [6.07, 6.45) is 6.09. The van der Waals surface area contributed by atoms with Gasteiger partial charge in [0.15, 0.2) is 0 Å². The monoisotopic (exact) mass is 379 g/mol. The van der Waals surface area contributed by atoms with Gasteiger partial charge in [-0.3, -0.25) is 4.79 Å². The Balaban J connectivity index is 1.33. The van der Waals surface area contributed by atoms with E-state index in [9.17, 15) is 4.79 Å². The zero-order valence-electron chi connectivity index (χ0n) is 15.4. The minimum absolute atomic E-state index is 0.163. The van der Waals surface area contributed by atoms with Crippen LogP contribution in [0.3, 0.4) is 0 Å². The maximum atomic E-state index is 12.5. The fourth-order valence-corrected chi connectivity index (χ4v) is 3.89. The standard InChI is InChI=1S/C19H21N7O2/c27-17-14(10-13-11-20-7-2-15(13)23-17)16-24-18(28-25-16)12-3-8-26(9-4-12)19-21-5-1-6-22-19/h1,5-6,10,12,20H,2-4,7-9,11H2,(H,23,27). The fraction of sp³-hybridized carbons (Fsp3) is 0.421. The van der Waals surface area contributed by atoms with E-state index in [0.29, 0.717) is 17.3 Å². The van der Waals surface area contributed by atoms with Gasteiger partial charge < -0.3 is 19.7 Å². The van der Waals surface area contributed by atoms with Crippen LogP contribution in [0.25, 0.3) is 11.4 Å². The molecule has 5 rings (SSSR count). The number of aromatic nitrogens is 5. The normalized spacial score (nSPS) is 17.5. The molecule has 0 aliphatic carbocycles. The maximum Gasteiger partial charge on any atom is 0.259 e. The number of nitrogens with one attached hydrogen (secondary N) is 2. The van der Waals surface area contributed by atoms with Crippen LogP contribution in [0.1, 0.15) is 35.9 Å². The Hall–Kier alpha value is -3.07. The van der Waals surface area contributed by atoms with Gasteiger partial charge >= 0.3 is 0 Å². The number of aromatic amines is 1. The topological polar surface area (TPSA) is 113 Å². The largest absolute Gasteiger partial charge is 0.341 e. The highest BCUT2D eigenvalue weighted by Gasteiger charge is 2.27. The SMILES string of the molecule is O=c1[nH]c2c(cc1-c1noc(C3CCN(c4ncccn4)CC3)n1)CNCC2. The quantitative estimate of drug-likeness (QED) is 0.699. The average Bonchev–Trinajstić information content (AvgIpc) is 3.24. The molecule has 0 spiro atoms. The van der Waals surface area contributed by atoms with Crippen LogP contribution in [0.15, 0.2) is 33.8 Å². The van der Waals surface area contributed by atoms with E-state index in [1.54, 1.807) is 12.4 Å². The Morgan fingerprint density at radius 3 is 2.82 bits per heavy atom. The molecule has 5 heterocycles. The number of hydrogen-bond donors (Lipinski definition) is 2. The number of anilines is 1. The molecule has 0 radical (unpaired) electrons. The van der Waals surface area contributed by atoms with Crippen molar-refractivity contribution in [3.63, 3.8) is 0 Å². The van der Waals surface area contributed by atoms with Gasteiger partial charge in [-0.2, -0.15) is 4.98 Å². The molecule has 0 aromatic carbocycles. The van der Waals surface area contributed by atoms with E-state index in [0.717, 1.165) is 62.6 Å². The van der Waals surface area contributed by atoms with Crippen molar-refractivity contribution in [1.29, 1.82) is 0 Å². The number of piperidine rings is 1. The van der Waals surface area contributed by atoms with Gasteiger partial charge in [-0.15, -0.1) is 0 Å². The van der Waals surface area contributed by atoms with Crippen LogP contribution < -0.4 is 15.8 Å². The highest BCUT2D eigenvalue weighted by Crippen LogP contribution is 2.29. The van der Waals surface area contributed by atoms with Gasteiger partial charge in [-0.1, -0.05) is 5.16 Å². The second-order valence-corrected chi connectivity index (χ2v) is 7.21. The van der Waals surface area contributed by atoms with Gasteiger partial charge in [-0.05, 0) is 30.5 Å². The molecule has 2 aliphatic heterocycles. The minimum Gasteiger partial charge on any atom is -0.341 e. The molecule has 0 amide bonds. The Morgan fingerprint density at radius 1 is 1.18 bits per heavy atom. The number of nitrogens with zero attached hydrogens (tertiary/aromatic N) is 5. The summed E-state index contributed by atoms with van der Waals surface area (Å²) in [5, 5.41) is 7.40. The first-order valence-corrected chi connectivity index (χ1v) is 9.59. The molecule has 9 heteroatoms. The van der Waals surface area contributed by atoms with Crippen molar-refractivity contribution in [3.8, 4) is 11.4 Å². The molecule has 3 aromatic heterocycles. The van der Waals surface area contributed by atoms with E-state index in [1.807, 2.05) is 12.1 Å². The molecule has 144 valence electrons. The van der Waals surface area contributed by atoms with Crippen LogP contribution >= 0.6 is 0 Å². The highest BCUT2D eigenvalue weighted by molar-refractivity contribution is 5.55. The third kappa shape index (κ3) is 3.18. The molecule has 0 unspecified atom stereocenters. The molecule has 28 heavy (non-hydrogen) atoms. The summed E-state index contributed by atoms with van der Waals surface area (Å²) in [5.74, 6) is 1.89. The molecule has 1 fully saturated rings. The van der Waals surface area contributed by atoms with Crippen molar-refractivity contribution in [1.82, 2.24) is 30.4 Å². The van der Waals surface area contributed by atoms with E-state index in [4.69, 9.17) is 4.52 Å². The average molecular weight is 379 g/mol. The Morgan fingerprint density at radius 2 is 2.00 bits per heavy atom. The first-order valence-electron chi connectivity index (χ1n) is 9.59. The number of hydrogen-bond acceptors (Lipinski definition) is 8. The first-order chi connectivity index (χ1) is 13.8. The highest BCUT2D eigenvalue weighted by atomic mass is 16.5. The van der Waals surface area contributed by atoms with E-state index < -0.39 is 0 Å². The van der Waals surface area contributed by atoms with Crippen molar-refractivity contribution < 1.29 is 4.52 Å². The van der Waals surface area contributed by atoms with Gasteiger partial charge in [0, 0.05) is 56.6 Å². The summed E-state index contributed by atoms with van der Waals surface area (Å²) >= 11 is 0. The zero-order valence-corrected chi connectivity index (χ0v) is 15.4. The Bertz CT molecular complexity index is 1020. The van der Waals surface area contributed by atoms with Crippen LogP contribution in [0.4, 0.5) is 5.95 Å². The molecule has 1 saturated heterocycles. The van der Waals surface area contributed by atoms with Gasteiger partial charge in [0.2, 0.25) is 17.7 Å². The lowest BCUT2D eigenvalue weighted by atomic mass is 9.97. The van der Waals surface area contributed by atoms with Gasteiger partial charge in [0.25, 0.3) is 5.56 Å². The number of H-pyrrole nitrogens is 1. The summed E-state index contributed by atoms with van der Waals surface area (Å²) in [6.45, 7) is 3.28. The Kier molecular flexibility index (Phi) is 4.36. The third-order valence-corrected chi connectivity index (χ3v) is 5.44. The van der Waals surface area contributed by atoms with Crippen LogP contribution in [-0.4, -0.2) is 44.7 Å². The van der Waals surface area contributed by atoms with E-state index in [-0.39, 0.29) is 11.5 Å². The lowest BCUT2D eigenvalue weighted by Gasteiger charge is -2.30. The smallest absolute Gasteiger partial charge is 0.259 e. The minimum atomic E-state index is -0.163. The third-order valence-electron chi connectivity index (χ3n) is 5.44. The molecule has 2 N–H and O–H groups in total. The van der Waals surface area contributed by atoms with Crippen LogP contribution in [0.2, 0.25) is 0 Å². The molecular weight excluding hydrogens is 358 g/mol. The zero-order chi connectivity index (χ0) is 18.9. The van der Waals surface area contributed by atoms with Crippen LogP contribution in [-0.2, 0) is 13.0 Å². The van der Waals surface area contributed by atoms with Crippen molar-refractivity contribution in [3.05, 3.63) is 52.0 Å². The summed E-state index contributed by atoms with van der Waals surface area (Å²) in [4.78, 5) is 30.8. The molecule has 9 nitrogen and oxygen atoms in total. The molecule has 0 atom stereocenters. The summed E-state index contributed by atoms with van der Waals surface area (Å²) in [7, 11) is 0. The second-order valence-electron chi connectivity index (χ2n) is 7.21. The van der Waals surface area contributed by atoms with Crippen molar-refractivity contribution in [2.24, 2.45) is 0 Å². The summed E-state index contributed by atoms with van der Waals surface area (Å²) in [6, 6.07) is 3.69. The molecular formula is C19H21N7O2.